The monoisotopic (exact) mass is 397 g/mol. The van der Waals surface area contributed by atoms with Crippen LogP contribution in [0.25, 0.3) is 22.4 Å². The number of pyridine rings is 1. The summed E-state index contributed by atoms with van der Waals surface area (Å²) < 4.78 is 0. The van der Waals surface area contributed by atoms with Gasteiger partial charge in [0.2, 0.25) is 0 Å². The maximum atomic E-state index is 13.9. The van der Waals surface area contributed by atoms with Crippen molar-refractivity contribution in [3.8, 4) is 0 Å². The fraction of sp³-hybridized carbons (Fsp3) is 0.0833. The number of anilines is 3. The molecule has 1 aliphatic rings. The van der Waals surface area contributed by atoms with Gasteiger partial charge in [0.05, 0.1) is 17.1 Å². The average molecular weight is 398 g/mol. The highest BCUT2D eigenvalue weighted by Gasteiger charge is 2.29. The van der Waals surface area contributed by atoms with Crippen molar-refractivity contribution in [1.29, 1.82) is 0 Å². The molecule has 0 saturated carbocycles. The Morgan fingerprint density at radius 1 is 0.966 bits per heavy atom. The number of hydrogen-bond donors (Lipinski definition) is 1. The SMILES string of the molecule is Cc1cc(C)c2c(N)c(C(=O)N3c4ccccc4C=Cc4ccccc43)sc2n1. The second kappa shape index (κ2) is 6.57. The summed E-state index contributed by atoms with van der Waals surface area (Å²) in [6.07, 6.45) is 4.09. The van der Waals surface area contributed by atoms with Crippen LogP contribution in [-0.2, 0) is 0 Å². The van der Waals surface area contributed by atoms with Crippen molar-refractivity contribution in [2.24, 2.45) is 0 Å². The maximum Gasteiger partial charge on any atom is 0.275 e. The van der Waals surface area contributed by atoms with E-state index in [9.17, 15) is 4.79 Å². The van der Waals surface area contributed by atoms with Crippen molar-refractivity contribution in [2.45, 2.75) is 13.8 Å². The van der Waals surface area contributed by atoms with E-state index in [2.05, 4.69) is 4.98 Å². The van der Waals surface area contributed by atoms with E-state index in [1.807, 2.05) is 80.6 Å². The van der Waals surface area contributed by atoms with E-state index >= 15 is 0 Å². The number of amides is 1. The quantitative estimate of drug-likeness (QED) is 0.431. The lowest BCUT2D eigenvalue weighted by molar-refractivity contribution is 0.100. The van der Waals surface area contributed by atoms with Gasteiger partial charge in [-0.15, -0.1) is 11.3 Å². The van der Waals surface area contributed by atoms with E-state index in [1.165, 1.54) is 11.3 Å². The first-order valence-corrected chi connectivity index (χ1v) is 10.2. The second-order valence-electron chi connectivity index (χ2n) is 7.20. The highest BCUT2D eigenvalue weighted by Crippen LogP contribution is 2.41. The normalized spacial score (nSPS) is 12.6. The predicted molar refractivity (Wildman–Crippen MR) is 122 cm³/mol. The van der Waals surface area contributed by atoms with Gasteiger partial charge in [0, 0.05) is 11.1 Å². The Morgan fingerprint density at radius 2 is 1.55 bits per heavy atom. The molecule has 1 amide bonds. The van der Waals surface area contributed by atoms with Crippen molar-refractivity contribution in [1.82, 2.24) is 4.98 Å². The number of nitrogens with zero attached hydrogens (tertiary/aromatic N) is 2. The zero-order valence-electron chi connectivity index (χ0n) is 16.1. The van der Waals surface area contributed by atoms with Gasteiger partial charge in [-0.05, 0) is 48.7 Å². The van der Waals surface area contributed by atoms with E-state index in [-0.39, 0.29) is 5.91 Å². The van der Waals surface area contributed by atoms with Gasteiger partial charge in [-0.2, -0.15) is 0 Å². The number of hydrogen-bond acceptors (Lipinski definition) is 4. The molecule has 2 aromatic heterocycles. The molecular weight excluding hydrogens is 378 g/mol. The Morgan fingerprint density at radius 3 is 2.17 bits per heavy atom. The molecule has 5 rings (SSSR count). The van der Waals surface area contributed by atoms with Crippen molar-refractivity contribution in [3.63, 3.8) is 0 Å². The largest absolute Gasteiger partial charge is 0.397 e. The molecule has 4 nitrogen and oxygen atoms in total. The van der Waals surface area contributed by atoms with Crippen LogP contribution in [0.4, 0.5) is 17.1 Å². The number of fused-ring (bicyclic) bond motifs is 3. The van der Waals surface area contributed by atoms with Gasteiger partial charge in [-0.1, -0.05) is 48.6 Å². The van der Waals surface area contributed by atoms with Crippen LogP contribution in [0.3, 0.4) is 0 Å². The van der Waals surface area contributed by atoms with Crippen molar-refractivity contribution < 1.29 is 4.79 Å². The molecule has 142 valence electrons. The molecule has 0 atom stereocenters. The lowest BCUT2D eigenvalue weighted by Gasteiger charge is -2.24. The average Bonchev–Trinajstić information content (AvgIpc) is 2.94. The minimum atomic E-state index is -0.133. The summed E-state index contributed by atoms with van der Waals surface area (Å²) in [7, 11) is 0. The summed E-state index contributed by atoms with van der Waals surface area (Å²) in [4.78, 5) is 21.6. The number of carbonyl (C=O) groups is 1. The minimum Gasteiger partial charge on any atom is -0.397 e. The summed E-state index contributed by atoms with van der Waals surface area (Å²) in [6, 6.07) is 17.8. The Hall–Kier alpha value is -3.44. The minimum absolute atomic E-state index is 0.133. The zero-order valence-corrected chi connectivity index (χ0v) is 17.0. The molecule has 1 aliphatic heterocycles. The van der Waals surface area contributed by atoms with Gasteiger partial charge < -0.3 is 5.73 Å². The number of para-hydroxylation sites is 2. The zero-order chi connectivity index (χ0) is 20.1. The number of aryl methyl sites for hydroxylation is 2. The number of thiophene rings is 1. The van der Waals surface area contributed by atoms with Gasteiger partial charge in [-0.25, -0.2) is 4.98 Å². The van der Waals surface area contributed by atoms with E-state index in [0.29, 0.717) is 10.6 Å². The van der Waals surface area contributed by atoms with Crippen LogP contribution in [0, 0.1) is 13.8 Å². The van der Waals surface area contributed by atoms with Crippen molar-refractivity contribution >= 4 is 56.7 Å². The number of nitrogens with two attached hydrogens (primary N) is 1. The Bertz CT molecular complexity index is 1270. The molecule has 2 aromatic carbocycles. The molecule has 5 heteroatoms. The topological polar surface area (TPSA) is 59.2 Å². The maximum absolute atomic E-state index is 13.9. The first-order chi connectivity index (χ1) is 14.0. The molecule has 0 radical (unpaired) electrons. The Balaban J connectivity index is 1.75. The molecule has 0 saturated heterocycles. The van der Waals surface area contributed by atoms with Gasteiger partial charge in [0.1, 0.15) is 9.71 Å². The standard InChI is InChI=1S/C24H19N3OS/c1-14-13-15(2)26-23-20(14)21(25)22(29-23)24(28)27-18-9-5-3-7-16(18)11-12-17-8-4-6-10-19(17)27/h3-13H,25H2,1-2H3. The number of nitrogen functional groups attached to an aromatic ring is 1. The molecule has 0 spiro atoms. The van der Waals surface area contributed by atoms with E-state index < -0.39 is 0 Å². The number of aromatic nitrogens is 1. The lowest BCUT2D eigenvalue weighted by Crippen LogP contribution is -2.26. The van der Waals surface area contributed by atoms with Gasteiger partial charge in [0.25, 0.3) is 5.91 Å². The number of carbonyl (C=O) groups excluding carboxylic acids is 1. The van der Waals surface area contributed by atoms with Gasteiger partial charge in [-0.3, -0.25) is 9.69 Å². The second-order valence-corrected chi connectivity index (χ2v) is 8.20. The smallest absolute Gasteiger partial charge is 0.275 e. The molecule has 0 fully saturated rings. The van der Waals surface area contributed by atoms with Gasteiger partial charge in [0.15, 0.2) is 0 Å². The fourth-order valence-electron chi connectivity index (χ4n) is 3.92. The highest BCUT2D eigenvalue weighted by molar-refractivity contribution is 7.21. The molecule has 0 unspecified atom stereocenters. The van der Waals surface area contributed by atoms with Crippen LogP contribution in [0.1, 0.15) is 32.1 Å². The van der Waals surface area contributed by atoms with Crippen LogP contribution in [0.15, 0.2) is 54.6 Å². The Labute approximate surface area is 172 Å². The molecule has 4 aromatic rings. The Kier molecular flexibility index (Phi) is 4.00. The predicted octanol–water partition coefficient (Wildman–Crippen LogP) is 5.96. The third kappa shape index (κ3) is 2.74. The van der Waals surface area contributed by atoms with E-state index in [1.54, 1.807) is 4.90 Å². The first-order valence-electron chi connectivity index (χ1n) is 9.41. The van der Waals surface area contributed by atoms with Crippen LogP contribution in [0.2, 0.25) is 0 Å². The summed E-state index contributed by atoms with van der Waals surface area (Å²) in [5.41, 5.74) is 12.6. The molecule has 0 aliphatic carbocycles. The molecule has 0 bridgehead atoms. The molecule has 3 heterocycles. The molecule has 2 N–H and O–H groups in total. The van der Waals surface area contributed by atoms with Crippen molar-refractivity contribution in [3.05, 3.63) is 81.9 Å². The summed E-state index contributed by atoms with van der Waals surface area (Å²) in [5.74, 6) is -0.133. The third-order valence-electron chi connectivity index (χ3n) is 5.22. The molecule has 29 heavy (non-hydrogen) atoms. The van der Waals surface area contributed by atoms with Gasteiger partial charge >= 0.3 is 0 Å². The summed E-state index contributed by atoms with van der Waals surface area (Å²) in [6.45, 7) is 3.96. The fourth-order valence-corrected chi connectivity index (χ4v) is 5.07. The number of rotatable bonds is 1. The summed E-state index contributed by atoms with van der Waals surface area (Å²) in [5, 5.41) is 0.874. The van der Waals surface area contributed by atoms with E-state index in [4.69, 9.17) is 5.73 Å². The summed E-state index contributed by atoms with van der Waals surface area (Å²) >= 11 is 1.36. The third-order valence-corrected chi connectivity index (χ3v) is 6.31. The van der Waals surface area contributed by atoms with Crippen LogP contribution in [-0.4, -0.2) is 10.9 Å². The highest BCUT2D eigenvalue weighted by atomic mass is 32.1. The van der Waals surface area contributed by atoms with Crippen molar-refractivity contribution in [2.75, 3.05) is 10.6 Å². The van der Waals surface area contributed by atoms with Crippen LogP contribution in [0.5, 0.6) is 0 Å². The van der Waals surface area contributed by atoms with Crippen LogP contribution >= 0.6 is 11.3 Å². The lowest BCUT2D eigenvalue weighted by atomic mass is 10.1. The number of benzene rings is 2. The molecular formula is C24H19N3OS. The first kappa shape index (κ1) is 17.6. The van der Waals surface area contributed by atoms with Crippen LogP contribution < -0.4 is 10.6 Å². The van der Waals surface area contributed by atoms with E-state index in [0.717, 1.165) is 44.0 Å².